The second kappa shape index (κ2) is 5.54. The molecule has 0 spiro atoms. The number of imide groups is 1. The number of hydroxylamine groups is 2. The molecule has 1 saturated heterocycles. The zero-order valence-electron chi connectivity index (χ0n) is 12.2. The second-order valence-electron chi connectivity index (χ2n) is 5.39. The maximum Gasteiger partial charge on any atom is 0.419 e. The minimum Gasteiger partial charge on any atom is -0.398 e. The van der Waals surface area contributed by atoms with Crippen LogP contribution in [-0.4, -0.2) is 46.7 Å². The van der Waals surface area contributed by atoms with Crippen LogP contribution in [0, 0.1) is 0 Å². The highest BCUT2D eigenvalue weighted by Crippen LogP contribution is 2.32. The number of anilines is 1. The molecule has 128 valence electrons. The van der Waals surface area contributed by atoms with Gasteiger partial charge in [0.05, 0.1) is 0 Å². The predicted molar refractivity (Wildman–Crippen MR) is 78.2 cm³/mol. The minimum absolute atomic E-state index is 0.0165. The summed E-state index contributed by atoms with van der Waals surface area (Å²) in [4.78, 5) is 37.7. The average Bonchev–Trinajstić information content (AvgIpc) is 2.82. The molecular weight excluding hydrogens is 342 g/mol. The van der Waals surface area contributed by atoms with Crippen LogP contribution in [0.5, 0.6) is 0 Å². The molecule has 1 unspecified atom stereocenters. The molecule has 0 radical (unpaired) electrons. The van der Waals surface area contributed by atoms with Gasteiger partial charge in [0, 0.05) is 29.8 Å². The van der Waals surface area contributed by atoms with E-state index in [2.05, 4.69) is 4.28 Å². The number of carbonyl (C=O) groups is 3. The van der Waals surface area contributed by atoms with Crippen molar-refractivity contribution in [3.8, 4) is 0 Å². The van der Waals surface area contributed by atoms with Gasteiger partial charge >= 0.3 is 10.4 Å². The molecule has 1 aromatic rings. The highest BCUT2D eigenvalue weighted by atomic mass is 32.3. The van der Waals surface area contributed by atoms with Gasteiger partial charge in [0.25, 0.3) is 17.7 Å². The molecule has 2 aliphatic rings. The summed E-state index contributed by atoms with van der Waals surface area (Å²) in [5.41, 5.74) is 7.14. The van der Waals surface area contributed by atoms with Gasteiger partial charge in [-0.1, -0.05) is 6.07 Å². The van der Waals surface area contributed by atoms with E-state index in [4.69, 9.17) is 10.3 Å². The lowest BCUT2D eigenvalue weighted by atomic mass is 10.0. The van der Waals surface area contributed by atoms with Gasteiger partial charge in [-0.2, -0.15) is 8.42 Å². The van der Waals surface area contributed by atoms with Crippen LogP contribution in [0.2, 0.25) is 0 Å². The molecule has 0 saturated carbocycles. The first-order valence-corrected chi connectivity index (χ1v) is 8.27. The summed E-state index contributed by atoms with van der Waals surface area (Å²) >= 11 is 0. The third kappa shape index (κ3) is 2.72. The summed E-state index contributed by atoms with van der Waals surface area (Å²) in [6.45, 7) is 0.0607. The topological polar surface area (TPSA) is 147 Å². The Balaban J connectivity index is 1.88. The summed E-state index contributed by atoms with van der Waals surface area (Å²) in [5.74, 6) is -2.40. The van der Waals surface area contributed by atoms with E-state index in [1.807, 2.05) is 0 Å². The van der Waals surface area contributed by atoms with E-state index < -0.39 is 34.2 Å². The standard InChI is InChI=1S/C13H13N3O7S/c14-9-3-1-2-7-8(9)6-15(12(7)18)10-4-5-11(17)16(13(10)19)23-24(20,21)22/h1-3,10H,4-6,14H2,(H,20,21,22). The van der Waals surface area contributed by atoms with Crippen LogP contribution in [0.15, 0.2) is 18.2 Å². The molecule has 3 amide bonds. The molecule has 1 fully saturated rings. The first-order valence-electron chi connectivity index (χ1n) is 6.91. The van der Waals surface area contributed by atoms with Crippen molar-refractivity contribution in [2.75, 3.05) is 5.73 Å². The molecule has 2 heterocycles. The van der Waals surface area contributed by atoms with Crippen LogP contribution in [0.3, 0.4) is 0 Å². The molecule has 1 atom stereocenters. The summed E-state index contributed by atoms with van der Waals surface area (Å²) in [6.07, 6.45) is -0.204. The van der Waals surface area contributed by atoms with E-state index in [0.29, 0.717) is 16.8 Å². The SMILES string of the molecule is Nc1cccc2c1CN(C1CCC(=O)N(OS(=O)(=O)O)C1=O)C2=O. The minimum atomic E-state index is -5.05. The fourth-order valence-electron chi connectivity index (χ4n) is 2.84. The number of nitrogens with two attached hydrogens (primary N) is 1. The largest absolute Gasteiger partial charge is 0.419 e. The summed E-state index contributed by atoms with van der Waals surface area (Å²) < 4.78 is 34.3. The van der Waals surface area contributed by atoms with Gasteiger partial charge in [-0.25, -0.2) is 0 Å². The Morgan fingerprint density at radius 3 is 2.58 bits per heavy atom. The highest BCUT2D eigenvalue weighted by molar-refractivity contribution is 7.80. The maximum absolute atomic E-state index is 12.5. The van der Waals surface area contributed by atoms with E-state index >= 15 is 0 Å². The highest BCUT2D eigenvalue weighted by Gasteiger charge is 2.45. The van der Waals surface area contributed by atoms with Crippen LogP contribution in [-0.2, 0) is 30.8 Å². The van der Waals surface area contributed by atoms with Gasteiger partial charge in [-0.3, -0.25) is 18.9 Å². The number of hydrogen-bond donors (Lipinski definition) is 2. The predicted octanol–water partition coefficient (Wildman–Crippen LogP) is -0.523. The van der Waals surface area contributed by atoms with Gasteiger partial charge in [0.1, 0.15) is 6.04 Å². The quantitative estimate of drug-likeness (QED) is 0.418. The zero-order valence-corrected chi connectivity index (χ0v) is 13.0. The smallest absolute Gasteiger partial charge is 0.398 e. The number of nitrogen functional groups attached to an aromatic ring is 1. The molecule has 3 N–H and O–H groups in total. The third-order valence-electron chi connectivity index (χ3n) is 3.92. The average molecular weight is 355 g/mol. The van der Waals surface area contributed by atoms with E-state index in [-0.39, 0.29) is 24.4 Å². The number of hydrogen-bond acceptors (Lipinski definition) is 7. The number of nitrogens with zero attached hydrogens (tertiary/aromatic N) is 2. The van der Waals surface area contributed by atoms with Crippen molar-refractivity contribution in [2.24, 2.45) is 0 Å². The zero-order chi connectivity index (χ0) is 17.6. The number of benzene rings is 1. The Morgan fingerprint density at radius 2 is 1.96 bits per heavy atom. The molecule has 0 bridgehead atoms. The Hall–Kier alpha value is -2.50. The van der Waals surface area contributed by atoms with Gasteiger partial charge in [0.2, 0.25) is 0 Å². The Kier molecular flexibility index (Phi) is 3.78. The van der Waals surface area contributed by atoms with Crippen molar-refractivity contribution in [2.45, 2.75) is 25.4 Å². The van der Waals surface area contributed by atoms with E-state index in [1.165, 1.54) is 4.90 Å². The molecule has 0 aromatic heterocycles. The number of fused-ring (bicyclic) bond motifs is 1. The maximum atomic E-state index is 12.5. The lowest BCUT2D eigenvalue weighted by Gasteiger charge is -2.33. The Morgan fingerprint density at radius 1 is 1.25 bits per heavy atom. The third-order valence-corrected chi connectivity index (χ3v) is 4.26. The van der Waals surface area contributed by atoms with Crippen molar-refractivity contribution < 1.29 is 31.6 Å². The number of rotatable bonds is 3. The van der Waals surface area contributed by atoms with Gasteiger partial charge in [-0.05, 0) is 18.6 Å². The van der Waals surface area contributed by atoms with Gasteiger partial charge in [0.15, 0.2) is 0 Å². The summed E-state index contributed by atoms with van der Waals surface area (Å²) in [6, 6.07) is 3.70. The molecule has 10 nitrogen and oxygen atoms in total. The molecule has 24 heavy (non-hydrogen) atoms. The van der Waals surface area contributed by atoms with E-state index in [0.717, 1.165) is 0 Å². The molecule has 1 aromatic carbocycles. The normalized spacial score (nSPS) is 21.4. The van der Waals surface area contributed by atoms with Crippen LogP contribution in [0.4, 0.5) is 5.69 Å². The van der Waals surface area contributed by atoms with Crippen LogP contribution < -0.4 is 5.73 Å². The molecule has 2 aliphatic heterocycles. The molecule has 11 heteroatoms. The lowest BCUT2D eigenvalue weighted by molar-refractivity contribution is -0.180. The van der Waals surface area contributed by atoms with E-state index in [1.54, 1.807) is 18.2 Å². The fraction of sp³-hybridized carbons (Fsp3) is 0.308. The molecular formula is C13H13N3O7S. The lowest BCUT2D eigenvalue weighted by Crippen LogP contribution is -2.54. The van der Waals surface area contributed by atoms with Crippen LogP contribution >= 0.6 is 0 Å². The van der Waals surface area contributed by atoms with Gasteiger partial charge in [-0.15, -0.1) is 9.35 Å². The van der Waals surface area contributed by atoms with Gasteiger partial charge < -0.3 is 10.6 Å². The van der Waals surface area contributed by atoms with E-state index in [9.17, 15) is 22.8 Å². The monoisotopic (exact) mass is 355 g/mol. The molecule has 3 rings (SSSR count). The van der Waals surface area contributed by atoms with Crippen molar-refractivity contribution in [3.63, 3.8) is 0 Å². The van der Waals surface area contributed by atoms with Crippen LogP contribution in [0.1, 0.15) is 28.8 Å². The summed E-state index contributed by atoms with van der Waals surface area (Å²) in [7, 11) is -5.05. The van der Waals surface area contributed by atoms with Crippen molar-refractivity contribution in [1.29, 1.82) is 0 Å². The summed E-state index contributed by atoms with van der Waals surface area (Å²) in [5, 5.41) is -0.0247. The second-order valence-corrected chi connectivity index (χ2v) is 6.39. The van der Waals surface area contributed by atoms with Crippen molar-refractivity contribution in [1.82, 2.24) is 9.96 Å². The van der Waals surface area contributed by atoms with Crippen molar-refractivity contribution in [3.05, 3.63) is 29.3 Å². The number of amides is 3. The van der Waals surface area contributed by atoms with Crippen molar-refractivity contribution >= 4 is 33.8 Å². The first-order chi connectivity index (χ1) is 11.2. The molecule has 0 aliphatic carbocycles. The van der Waals surface area contributed by atoms with Crippen LogP contribution in [0.25, 0.3) is 0 Å². The first kappa shape index (κ1) is 16.4. The fourth-order valence-corrected chi connectivity index (χ4v) is 3.18. The number of carbonyl (C=O) groups excluding carboxylic acids is 3. The number of piperidine rings is 1. The Labute approximate surface area is 136 Å². The Bertz CT molecular complexity index is 851.